The minimum atomic E-state index is -4.40. The smallest absolute Gasteiger partial charge is 0.416 e. The van der Waals surface area contributed by atoms with Crippen molar-refractivity contribution in [3.8, 4) is 17.0 Å². The van der Waals surface area contributed by atoms with E-state index in [-0.39, 0.29) is 6.42 Å². The largest absolute Gasteiger partial charge is 0.489 e. The normalized spacial score (nSPS) is 11.6. The maximum Gasteiger partial charge on any atom is 0.416 e. The van der Waals surface area contributed by atoms with Gasteiger partial charge < -0.3 is 9.84 Å². The number of aliphatic carboxylic acids is 1. The summed E-state index contributed by atoms with van der Waals surface area (Å²) in [6, 6.07) is 32.1. The molecule has 0 spiro atoms. The molecule has 43 heavy (non-hydrogen) atoms. The van der Waals surface area contributed by atoms with Crippen LogP contribution in [0.15, 0.2) is 109 Å². The van der Waals surface area contributed by atoms with Gasteiger partial charge in [-0.3, -0.25) is 9.48 Å². The number of halogens is 3. The lowest BCUT2D eigenvalue weighted by Gasteiger charge is -2.09. The lowest BCUT2D eigenvalue weighted by atomic mass is 10.1. The van der Waals surface area contributed by atoms with Crippen molar-refractivity contribution in [3.63, 3.8) is 0 Å². The quantitative estimate of drug-likeness (QED) is 0.170. The molecule has 218 valence electrons. The fourth-order valence-electron chi connectivity index (χ4n) is 4.49. The average molecular weight is 583 g/mol. The lowest BCUT2D eigenvalue weighted by Crippen LogP contribution is -2.05. The third-order valence-corrected chi connectivity index (χ3v) is 6.88. The fourth-order valence-corrected chi connectivity index (χ4v) is 4.49. The summed E-state index contributed by atoms with van der Waals surface area (Å²) in [5.41, 5.74) is 5.25. The standard InChI is InChI=1S/C35H29F3N2O3/c36-35(37,38)30-16-14-29(15-17-30)33-22-31(18-10-25-4-2-1-3-5-25)40(39-33)23-27-6-8-28(9-7-27)24-43-32-19-11-26(12-20-32)13-21-34(41)42/h1-12,14-20,22H,13,21,23-24H2,(H,41,42). The van der Waals surface area contributed by atoms with Crippen molar-refractivity contribution in [2.75, 3.05) is 0 Å². The van der Waals surface area contributed by atoms with Crippen molar-refractivity contribution < 1.29 is 27.8 Å². The molecule has 1 aromatic heterocycles. The third-order valence-electron chi connectivity index (χ3n) is 6.88. The number of carboxylic acids is 1. The molecule has 4 aromatic carbocycles. The van der Waals surface area contributed by atoms with Crippen LogP contribution in [0.4, 0.5) is 13.2 Å². The van der Waals surface area contributed by atoms with E-state index >= 15 is 0 Å². The van der Waals surface area contributed by atoms with E-state index in [1.807, 2.05) is 102 Å². The summed E-state index contributed by atoms with van der Waals surface area (Å²) in [4.78, 5) is 10.8. The first kappa shape index (κ1) is 29.4. The Morgan fingerprint density at radius 1 is 0.814 bits per heavy atom. The zero-order valence-electron chi connectivity index (χ0n) is 23.2. The Morgan fingerprint density at radius 2 is 1.47 bits per heavy atom. The van der Waals surface area contributed by atoms with Crippen LogP contribution in [0, 0.1) is 0 Å². The Labute approximate surface area is 247 Å². The molecule has 0 aliphatic heterocycles. The molecule has 5 nitrogen and oxygen atoms in total. The van der Waals surface area contributed by atoms with Gasteiger partial charge in [-0.1, -0.05) is 84.9 Å². The van der Waals surface area contributed by atoms with Crippen molar-refractivity contribution in [3.05, 3.63) is 143 Å². The highest BCUT2D eigenvalue weighted by Gasteiger charge is 2.30. The molecule has 0 aliphatic carbocycles. The van der Waals surface area contributed by atoms with Gasteiger partial charge in [-0.05, 0) is 65.1 Å². The van der Waals surface area contributed by atoms with Crippen LogP contribution in [0.25, 0.3) is 23.4 Å². The number of alkyl halides is 3. The Morgan fingerprint density at radius 3 is 2.12 bits per heavy atom. The van der Waals surface area contributed by atoms with Gasteiger partial charge in [0.1, 0.15) is 12.4 Å². The van der Waals surface area contributed by atoms with Gasteiger partial charge in [-0.25, -0.2) is 0 Å². The highest BCUT2D eigenvalue weighted by atomic mass is 19.4. The number of aryl methyl sites for hydroxylation is 1. The van der Waals surface area contributed by atoms with Crippen LogP contribution >= 0.6 is 0 Å². The van der Waals surface area contributed by atoms with E-state index in [4.69, 9.17) is 14.9 Å². The van der Waals surface area contributed by atoms with E-state index in [9.17, 15) is 18.0 Å². The Kier molecular flexibility index (Phi) is 9.05. The van der Waals surface area contributed by atoms with E-state index in [0.29, 0.717) is 36.6 Å². The molecule has 1 heterocycles. The van der Waals surface area contributed by atoms with Crippen molar-refractivity contribution in [2.24, 2.45) is 0 Å². The van der Waals surface area contributed by atoms with Gasteiger partial charge >= 0.3 is 12.1 Å². The summed E-state index contributed by atoms with van der Waals surface area (Å²) in [5, 5.41) is 13.6. The molecule has 1 N–H and O–H groups in total. The van der Waals surface area contributed by atoms with Crippen molar-refractivity contribution in [2.45, 2.75) is 32.2 Å². The van der Waals surface area contributed by atoms with Gasteiger partial charge in [0, 0.05) is 12.0 Å². The number of hydrogen-bond donors (Lipinski definition) is 1. The number of carboxylic acid groups (broad SMARTS) is 1. The van der Waals surface area contributed by atoms with Crippen LogP contribution in [0.1, 0.15) is 39.9 Å². The Bertz CT molecular complexity index is 1670. The third kappa shape index (κ3) is 8.23. The van der Waals surface area contributed by atoms with Crippen LogP contribution in [-0.2, 0) is 30.5 Å². The maximum atomic E-state index is 13.1. The molecule has 0 radical (unpaired) electrons. The van der Waals surface area contributed by atoms with Gasteiger partial charge in [-0.15, -0.1) is 0 Å². The fraction of sp³-hybridized carbons (Fsp3) is 0.143. The highest BCUT2D eigenvalue weighted by molar-refractivity contribution is 5.71. The molecular formula is C35H29F3N2O3. The SMILES string of the molecule is O=C(O)CCc1ccc(OCc2ccc(Cn3nc(-c4ccc(C(F)(F)F)cc4)cc3C=Cc3ccccc3)cc2)cc1. The predicted molar refractivity (Wildman–Crippen MR) is 160 cm³/mol. The first-order chi connectivity index (χ1) is 20.7. The van der Waals surface area contributed by atoms with Crippen LogP contribution in [0.5, 0.6) is 5.75 Å². The van der Waals surface area contributed by atoms with Gasteiger partial charge in [-0.2, -0.15) is 18.3 Å². The van der Waals surface area contributed by atoms with E-state index in [1.54, 1.807) is 0 Å². The summed E-state index contributed by atoms with van der Waals surface area (Å²) in [6.45, 7) is 0.841. The van der Waals surface area contributed by atoms with E-state index < -0.39 is 17.7 Å². The predicted octanol–water partition coefficient (Wildman–Crippen LogP) is 8.38. The van der Waals surface area contributed by atoms with E-state index in [1.165, 1.54) is 12.1 Å². The van der Waals surface area contributed by atoms with Crippen molar-refractivity contribution >= 4 is 18.1 Å². The number of rotatable bonds is 11. The summed E-state index contributed by atoms with van der Waals surface area (Å²) in [5.74, 6) is -0.124. The summed E-state index contributed by atoms with van der Waals surface area (Å²) < 4.78 is 46.9. The zero-order chi connectivity index (χ0) is 30.2. The summed E-state index contributed by atoms with van der Waals surface area (Å²) in [6.07, 6.45) is 0.0933. The molecule has 0 bridgehead atoms. The van der Waals surface area contributed by atoms with Gasteiger partial charge in [0.15, 0.2) is 0 Å². The molecule has 5 rings (SSSR count). The summed E-state index contributed by atoms with van der Waals surface area (Å²) >= 11 is 0. The van der Waals surface area contributed by atoms with Crippen molar-refractivity contribution in [1.29, 1.82) is 0 Å². The Balaban J connectivity index is 1.29. The van der Waals surface area contributed by atoms with Gasteiger partial charge in [0.05, 0.1) is 23.5 Å². The van der Waals surface area contributed by atoms with Crippen molar-refractivity contribution in [1.82, 2.24) is 9.78 Å². The molecule has 0 saturated heterocycles. The molecule has 0 aliphatic rings. The van der Waals surface area contributed by atoms with Gasteiger partial charge in [0.2, 0.25) is 0 Å². The van der Waals surface area contributed by atoms with E-state index in [2.05, 4.69) is 0 Å². The number of hydrogen-bond acceptors (Lipinski definition) is 3. The molecule has 0 unspecified atom stereocenters. The Hall–Kier alpha value is -5.11. The minimum absolute atomic E-state index is 0.0895. The molecule has 0 fully saturated rings. The number of nitrogens with zero attached hydrogens (tertiary/aromatic N) is 2. The topological polar surface area (TPSA) is 64.3 Å². The zero-order valence-corrected chi connectivity index (χ0v) is 23.2. The molecule has 0 amide bonds. The monoisotopic (exact) mass is 582 g/mol. The molecule has 0 atom stereocenters. The second-order valence-corrected chi connectivity index (χ2v) is 10.1. The van der Waals surface area contributed by atoms with Crippen LogP contribution in [-0.4, -0.2) is 20.9 Å². The van der Waals surface area contributed by atoms with E-state index in [0.717, 1.165) is 40.1 Å². The van der Waals surface area contributed by atoms with Crippen LogP contribution in [0.2, 0.25) is 0 Å². The maximum absolute atomic E-state index is 13.1. The minimum Gasteiger partial charge on any atom is -0.489 e. The number of benzene rings is 4. The molecule has 8 heteroatoms. The molecule has 0 saturated carbocycles. The highest BCUT2D eigenvalue weighted by Crippen LogP contribution is 2.31. The number of ether oxygens (including phenoxy) is 1. The number of carbonyl (C=O) groups is 1. The number of aromatic nitrogens is 2. The second kappa shape index (κ2) is 13.2. The summed E-state index contributed by atoms with van der Waals surface area (Å²) in [7, 11) is 0. The first-order valence-electron chi connectivity index (χ1n) is 13.7. The van der Waals surface area contributed by atoms with Crippen LogP contribution < -0.4 is 4.74 Å². The molecular weight excluding hydrogens is 553 g/mol. The first-order valence-corrected chi connectivity index (χ1v) is 13.7. The second-order valence-electron chi connectivity index (χ2n) is 10.1. The van der Waals surface area contributed by atoms with Gasteiger partial charge in [0.25, 0.3) is 0 Å². The molecule has 5 aromatic rings. The van der Waals surface area contributed by atoms with Crippen LogP contribution in [0.3, 0.4) is 0 Å². The average Bonchev–Trinajstić information content (AvgIpc) is 3.41. The lowest BCUT2D eigenvalue weighted by molar-refractivity contribution is -0.138.